The van der Waals surface area contributed by atoms with E-state index in [1.807, 2.05) is 19.0 Å². The van der Waals surface area contributed by atoms with Gasteiger partial charge in [-0.3, -0.25) is 9.69 Å². The minimum Gasteiger partial charge on any atom is -0.340 e. The third kappa shape index (κ3) is 2.82. The number of fused-ring (bicyclic) bond motifs is 1. The first-order valence-electron chi connectivity index (χ1n) is 7.32. The van der Waals surface area contributed by atoms with E-state index in [9.17, 15) is 13.2 Å². The fourth-order valence-corrected chi connectivity index (χ4v) is 4.17. The number of carbonyl (C=O) groups is 1. The summed E-state index contributed by atoms with van der Waals surface area (Å²) in [6.07, 6.45) is 1.65. The van der Waals surface area contributed by atoms with Gasteiger partial charge in [0.15, 0.2) is 21.3 Å². The smallest absolute Gasteiger partial charge is 0.275 e. The summed E-state index contributed by atoms with van der Waals surface area (Å²) >= 11 is 0. The van der Waals surface area contributed by atoms with Crippen LogP contribution in [0.4, 0.5) is 5.82 Å². The second-order valence-electron chi connectivity index (χ2n) is 5.93. The molecule has 2 aliphatic heterocycles. The molecule has 0 atom stereocenters. The Kier molecular flexibility index (Phi) is 3.85. The molecule has 1 fully saturated rings. The molecule has 3 heterocycles. The number of aryl methyl sites for hydroxylation is 1. The Morgan fingerprint density at radius 3 is 2.55 bits per heavy atom. The zero-order chi connectivity index (χ0) is 15.9. The number of nitrogens with zero attached hydrogens (tertiary/aromatic N) is 5. The van der Waals surface area contributed by atoms with Gasteiger partial charge < -0.3 is 14.4 Å². The van der Waals surface area contributed by atoms with Crippen LogP contribution in [0.2, 0.25) is 0 Å². The molecular weight excluding hydrogens is 306 g/mol. The maximum atomic E-state index is 12.5. The van der Waals surface area contributed by atoms with E-state index in [0.29, 0.717) is 44.4 Å². The van der Waals surface area contributed by atoms with Crippen LogP contribution >= 0.6 is 0 Å². The van der Waals surface area contributed by atoms with Crippen LogP contribution < -0.4 is 4.90 Å². The molecule has 0 spiro atoms. The first kappa shape index (κ1) is 15.3. The number of carbonyl (C=O) groups excluding carboxylic acids is 1. The Balaban J connectivity index is 1.62. The monoisotopic (exact) mass is 327 g/mol. The van der Waals surface area contributed by atoms with Crippen molar-refractivity contribution >= 4 is 21.6 Å². The fourth-order valence-electron chi connectivity index (χ4n) is 2.89. The molecule has 0 saturated carbocycles. The van der Waals surface area contributed by atoms with E-state index in [-0.39, 0.29) is 17.4 Å². The molecule has 2 aliphatic rings. The van der Waals surface area contributed by atoms with Crippen molar-refractivity contribution in [2.24, 2.45) is 7.05 Å². The van der Waals surface area contributed by atoms with Crippen LogP contribution in [-0.2, 0) is 16.9 Å². The number of anilines is 1. The molecule has 0 unspecified atom stereocenters. The lowest BCUT2D eigenvalue weighted by Gasteiger charge is -2.35. The fraction of sp³-hybridized carbons (Fsp3) is 0.692. The third-order valence-electron chi connectivity index (χ3n) is 4.28. The average molecular weight is 327 g/mol. The van der Waals surface area contributed by atoms with Gasteiger partial charge in [0.2, 0.25) is 0 Å². The van der Waals surface area contributed by atoms with Gasteiger partial charge >= 0.3 is 0 Å². The predicted octanol–water partition coefficient (Wildman–Crippen LogP) is -1.000. The van der Waals surface area contributed by atoms with Gasteiger partial charge in [-0.1, -0.05) is 0 Å². The molecule has 8 nitrogen and oxygen atoms in total. The molecule has 0 aromatic carbocycles. The molecule has 0 N–H and O–H groups in total. The first-order valence-corrected chi connectivity index (χ1v) is 9.14. The van der Waals surface area contributed by atoms with E-state index < -0.39 is 9.84 Å². The van der Waals surface area contributed by atoms with Crippen molar-refractivity contribution < 1.29 is 13.2 Å². The van der Waals surface area contributed by atoms with Crippen LogP contribution in [-0.4, -0.2) is 85.1 Å². The number of amides is 1. The minimum atomic E-state index is -2.86. The summed E-state index contributed by atoms with van der Waals surface area (Å²) in [5, 5.41) is 0. The van der Waals surface area contributed by atoms with Gasteiger partial charge in [0.25, 0.3) is 5.91 Å². The molecule has 0 aliphatic carbocycles. The van der Waals surface area contributed by atoms with Crippen LogP contribution in [0.1, 0.15) is 10.5 Å². The molecule has 1 amide bonds. The Labute approximate surface area is 130 Å². The number of hydrogen-bond donors (Lipinski definition) is 0. The van der Waals surface area contributed by atoms with Crippen LogP contribution in [0.25, 0.3) is 0 Å². The van der Waals surface area contributed by atoms with Crippen LogP contribution in [0.5, 0.6) is 0 Å². The third-order valence-corrected chi connectivity index (χ3v) is 5.88. The van der Waals surface area contributed by atoms with E-state index in [2.05, 4.69) is 9.88 Å². The van der Waals surface area contributed by atoms with Crippen molar-refractivity contribution in [3.05, 3.63) is 12.0 Å². The van der Waals surface area contributed by atoms with Gasteiger partial charge in [0.05, 0.1) is 24.5 Å². The number of sulfone groups is 1. The van der Waals surface area contributed by atoms with E-state index in [0.717, 1.165) is 0 Å². The summed E-state index contributed by atoms with van der Waals surface area (Å²) in [5.74, 6) is 1.13. The molecule has 22 heavy (non-hydrogen) atoms. The molecule has 1 saturated heterocycles. The number of rotatable bonds is 3. The van der Waals surface area contributed by atoms with Crippen molar-refractivity contribution in [3.63, 3.8) is 0 Å². The van der Waals surface area contributed by atoms with E-state index in [1.54, 1.807) is 15.8 Å². The molecule has 0 bridgehead atoms. The van der Waals surface area contributed by atoms with Crippen LogP contribution in [0, 0.1) is 0 Å². The molecule has 122 valence electrons. The highest BCUT2D eigenvalue weighted by Gasteiger charge is 2.31. The Hall–Kier alpha value is -1.61. The summed E-state index contributed by atoms with van der Waals surface area (Å²) in [5.41, 5.74) is 0.606. The van der Waals surface area contributed by atoms with Gasteiger partial charge in [0.1, 0.15) is 0 Å². The summed E-state index contributed by atoms with van der Waals surface area (Å²) < 4.78 is 24.6. The Morgan fingerprint density at radius 1 is 1.18 bits per heavy atom. The highest BCUT2D eigenvalue weighted by Crippen LogP contribution is 2.23. The van der Waals surface area contributed by atoms with Crippen LogP contribution in [0.3, 0.4) is 0 Å². The van der Waals surface area contributed by atoms with Crippen LogP contribution in [0.15, 0.2) is 6.33 Å². The number of hydrogen-bond acceptors (Lipinski definition) is 6. The molecule has 1 aromatic rings. The summed E-state index contributed by atoms with van der Waals surface area (Å²) in [6, 6.07) is 0. The van der Waals surface area contributed by atoms with Gasteiger partial charge in [-0.2, -0.15) is 0 Å². The maximum absolute atomic E-state index is 12.5. The summed E-state index contributed by atoms with van der Waals surface area (Å²) in [6.45, 7) is 2.90. The van der Waals surface area contributed by atoms with Gasteiger partial charge in [0, 0.05) is 40.3 Å². The van der Waals surface area contributed by atoms with Crippen molar-refractivity contribution in [1.29, 1.82) is 0 Å². The second kappa shape index (κ2) is 5.54. The summed E-state index contributed by atoms with van der Waals surface area (Å²) in [4.78, 5) is 22.6. The normalized spacial score (nSPS) is 22.0. The molecular formula is C13H21N5O3S. The standard InChI is InChI=1S/C13H21N5O3S/c1-15-9-14-12-11(15)13(19)18(10-16(12)2)4-3-17-5-7-22(20,21)8-6-17/h9H,3-8,10H2,1-2H3. The largest absolute Gasteiger partial charge is 0.340 e. The molecule has 3 rings (SSSR count). The Bertz CT molecular complexity index is 670. The van der Waals surface area contributed by atoms with E-state index in [1.165, 1.54) is 0 Å². The van der Waals surface area contributed by atoms with Gasteiger partial charge in [-0.15, -0.1) is 0 Å². The van der Waals surface area contributed by atoms with Crippen molar-refractivity contribution in [2.45, 2.75) is 0 Å². The number of imidazole rings is 1. The van der Waals surface area contributed by atoms with Crippen molar-refractivity contribution in [1.82, 2.24) is 19.4 Å². The second-order valence-corrected chi connectivity index (χ2v) is 8.23. The maximum Gasteiger partial charge on any atom is 0.275 e. The SMILES string of the molecule is CN1CN(CCN2CCS(=O)(=O)CC2)C(=O)c2c1ncn2C. The topological polar surface area (TPSA) is 78.8 Å². The predicted molar refractivity (Wildman–Crippen MR) is 82.6 cm³/mol. The zero-order valence-corrected chi connectivity index (χ0v) is 13.7. The van der Waals surface area contributed by atoms with Gasteiger partial charge in [-0.25, -0.2) is 13.4 Å². The number of aromatic nitrogens is 2. The van der Waals surface area contributed by atoms with Crippen molar-refractivity contribution in [3.8, 4) is 0 Å². The molecule has 1 aromatic heterocycles. The van der Waals surface area contributed by atoms with E-state index in [4.69, 9.17) is 0 Å². The molecule has 0 radical (unpaired) electrons. The lowest BCUT2D eigenvalue weighted by molar-refractivity contribution is 0.0714. The quantitative estimate of drug-likeness (QED) is 0.709. The van der Waals surface area contributed by atoms with Gasteiger partial charge in [-0.05, 0) is 0 Å². The zero-order valence-electron chi connectivity index (χ0n) is 12.9. The first-order chi connectivity index (χ1) is 10.4. The Morgan fingerprint density at radius 2 is 1.86 bits per heavy atom. The lowest BCUT2D eigenvalue weighted by Crippen LogP contribution is -2.50. The lowest BCUT2D eigenvalue weighted by atomic mass is 10.3. The van der Waals surface area contributed by atoms with E-state index >= 15 is 0 Å². The minimum absolute atomic E-state index is 0.0160. The summed E-state index contributed by atoms with van der Waals surface area (Å²) in [7, 11) is 0.873. The average Bonchev–Trinajstić information content (AvgIpc) is 2.85. The van der Waals surface area contributed by atoms with Crippen molar-refractivity contribution in [2.75, 3.05) is 56.3 Å². The molecule has 9 heteroatoms. The highest BCUT2D eigenvalue weighted by atomic mass is 32.2. The highest BCUT2D eigenvalue weighted by molar-refractivity contribution is 7.91.